The Hall–Kier alpha value is -0.950. The van der Waals surface area contributed by atoms with Crippen molar-refractivity contribution in [3.05, 3.63) is 0 Å². The number of rotatable bonds is 19. The maximum absolute atomic E-state index is 10.9. The smallest absolute Gasteiger partial charge is 0.394 e. The van der Waals surface area contributed by atoms with Crippen LogP contribution in [0.1, 0.15) is 71.1 Å². The third kappa shape index (κ3) is 20.4. The molecule has 0 unspecified atom stereocenters. The summed E-state index contributed by atoms with van der Waals surface area (Å²) < 4.78 is 58.2. The molecule has 0 spiro atoms. The highest BCUT2D eigenvalue weighted by Gasteiger charge is 2.32. The molecule has 0 radical (unpaired) electrons. The van der Waals surface area contributed by atoms with E-state index in [1.54, 1.807) is 0 Å². The van der Waals surface area contributed by atoms with E-state index in [1.165, 1.54) is 38.5 Å². The third-order valence-electron chi connectivity index (χ3n) is 4.44. The van der Waals surface area contributed by atoms with E-state index in [1.807, 2.05) is 0 Å². The summed E-state index contributed by atoms with van der Waals surface area (Å²) in [5, 5.41) is 44.0. The Morgan fingerprint density at radius 1 is 0.824 bits per heavy atom. The molecular weight excluding hydrogens is 502 g/mol. The standard InChI is InChI=1S/C12H26O7S2.C6H13NO6/c1-2-3-4-5-6-7-8-9-10-11-12-18-21(16,17)19-20(13,14)15;7-6(13)5(12)4(11)3(10)2(9)1-8/h2-12H2,1H3,(H,13,14,15);2-5,8-12H,1H2,(H2,7,13)/t;2-,3-,4+,5-/m.1/s1. The summed E-state index contributed by atoms with van der Waals surface area (Å²) in [6.07, 6.45) is 3.51. The van der Waals surface area contributed by atoms with Crippen molar-refractivity contribution in [2.24, 2.45) is 5.73 Å². The molecule has 0 aliphatic carbocycles. The molecule has 4 atom stereocenters. The first-order valence-electron chi connectivity index (χ1n) is 10.9. The van der Waals surface area contributed by atoms with Crippen LogP contribution in [0.15, 0.2) is 0 Å². The monoisotopic (exact) mass is 541 g/mol. The van der Waals surface area contributed by atoms with E-state index in [4.69, 9.17) is 30.1 Å². The topological polar surface area (TPSA) is 251 Å². The zero-order chi connectivity index (χ0) is 26.8. The molecule has 0 heterocycles. The fourth-order valence-electron chi connectivity index (χ4n) is 2.57. The van der Waals surface area contributed by atoms with E-state index in [-0.39, 0.29) is 6.61 Å². The van der Waals surface area contributed by atoms with Crippen LogP contribution in [-0.2, 0) is 33.4 Å². The summed E-state index contributed by atoms with van der Waals surface area (Å²) in [5.74, 6) is -1.23. The number of carbonyl (C=O) groups excluding carboxylic acids is 1. The lowest BCUT2D eigenvalue weighted by atomic mass is 10.0. The van der Waals surface area contributed by atoms with E-state index in [9.17, 15) is 21.6 Å². The van der Waals surface area contributed by atoms with Crippen LogP contribution >= 0.6 is 0 Å². The Balaban J connectivity index is 0. The molecule has 206 valence electrons. The number of nitrogens with two attached hydrogens (primary N) is 1. The van der Waals surface area contributed by atoms with Gasteiger partial charge in [0.15, 0.2) is 6.10 Å². The molecule has 34 heavy (non-hydrogen) atoms. The van der Waals surface area contributed by atoms with Crippen LogP contribution < -0.4 is 5.73 Å². The molecule has 14 nitrogen and oxygen atoms in total. The molecule has 0 aromatic heterocycles. The maximum atomic E-state index is 10.9. The molecule has 8 N–H and O–H groups in total. The molecule has 1 amide bonds. The van der Waals surface area contributed by atoms with Crippen molar-refractivity contribution in [2.45, 2.75) is 95.5 Å². The Bertz CT molecular complexity index is 730. The van der Waals surface area contributed by atoms with Gasteiger partial charge in [0, 0.05) is 0 Å². The third-order valence-corrected chi connectivity index (χ3v) is 6.25. The van der Waals surface area contributed by atoms with Crippen LogP contribution in [0.25, 0.3) is 0 Å². The van der Waals surface area contributed by atoms with Crippen LogP contribution in [0, 0.1) is 0 Å². The molecule has 0 aromatic carbocycles. The minimum absolute atomic E-state index is 0.158. The number of carbonyl (C=O) groups is 1. The van der Waals surface area contributed by atoms with Gasteiger partial charge in [-0.3, -0.25) is 9.35 Å². The van der Waals surface area contributed by atoms with Gasteiger partial charge in [-0.1, -0.05) is 64.7 Å². The molecule has 0 rings (SSSR count). The number of hydrogen-bond acceptors (Lipinski definition) is 12. The van der Waals surface area contributed by atoms with Gasteiger partial charge in [0.2, 0.25) is 5.91 Å². The van der Waals surface area contributed by atoms with Crippen molar-refractivity contribution in [2.75, 3.05) is 13.2 Å². The molecule has 0 bridgehead atoms. The number of aliphatic hydroxyl groups is 5. The summed E-state index contributed by atoms with van der Waals surface area (Å²) in [6, 6.07) is 0. The molecular formula is C18H39NO13S2. The van der Waals surface area contributed by atoms with Gasteiger partial charge < -0.3 is 31.3 Å². The highest BCUT2D eigenvalue weighted by Crippen LogP contribution is 2.11. The number of primary amides is 1. The lowest BCUT2D eigenvalue weighted by Gasteiger charge is -2.23. The first kappa shape index (κ1) is 35.2. The van der Waals surface area contributed by atoms with E-state index >= 15 is 0 Å². The molecule has 0 aliphatic heterocycles. The zero-order valence-corrected chi connectivity index (χ0v) is 20.9. The first-order chi connectivity index (χ1) is 15.7. The second-order valence-corrected chi connectivity index (χ2v) is 9.94. The fourth-order valence-corrected chi connectivity index (χ4v) is 3.89. The lowest BCUT2D eigenvalue weighted by molar-refractivity contribution is -0.146. The van der Waals surface area contributed by atoms with Gasteiger partial charge in [-0.15, -0.1) is 3.63 Å². The minimum Gasteiger partial charge on any atom is -0.394 e. The second-order valence-electron chi connectivity index (χ2n) is 7.49. The highest BCUT2D eigenvalue weighted by atomic mass is 32.3. The summed E-state index contributed by atoms with van der Waals surface area (Å²) in [4.78, 5) is 10.3. The Kier molecular flexibility index (Phi) is 20.0. The van der Waals surface area contributed by atoms with Crippen LogP contribution in [-0.4, -0.2) is 90.5 Å². The van der Waals surface area contributed by atoms with Crippen LogP contribution in [0.3, 0.4) is 0 Å². The second kappa shape index (κ2) is 19.3. The van der Waals surface area contributed by atoms with Crippen LogP contribution in [0.4, 0.5) is 0 Å². The average molecular weight is 542 g/mol. The van der Waals surface area contributed by atoms with Crippen molar-refractivity contribution in [3.63, 3.8) is 0 Å². The van der Waals surface area contributed by atoms with E-state index < -0.39 is 57.7 Å². The Morgan fingerprint density at radius 2 is 1.26 bits per heavy atom. The SMILES string of the molecule is CCCCCCCCCCCCOS(=O)(=O)OS(=O)(=O)O.NC(=O)[C@H](O)[C@@H](O)[C@H](O)[C@H](O)CO. The van der Waals surface area contributed by atoms with E-state index in [0.29, 0.717) is 6.42 Å². The molecule has 0 fully saturated rings. The van der Waals surface area contributed by atoms with E-state index in [2.05, 4.69) is 20.5 Å². The highest BCUT2D eigenvalue weighted by molar-refractivity contribution is 7.94. The van der Waals surface area contributed by atoms with Gasteiger partial charge in [-0.2, -0.15) is 16.8 Å². The Labute approximate surface area is 201 Å². The minimum atomic E-state index is -5.06. The van der Waals surface area contributed by atoms with Gasteiger partial charge in [-0.05, 0) is 6.42 Å². The molecule has 0 aliphatic rings. The predicted molar refractivity (Wildman–Crippen MR) is 120 cm³/mol. The van der Waals surface area contributed by atoms with Crippen LogP contribution in [0.5, 0.6) is 0 Å². The van der Waals surface area contributed by atoms with Gasteiger partial charge in [0.05, 0.1) is 13.2 Å². The molecule has 16 heteroatoms. The van der Waals surface area contributed by atoms with Crippen LogP contribution in [0.2, 0.25) is 0 Å². The van der Waals surface area contributed by atoms with Gasteiger partial charge >= 0.3 is 20.8 Å². The summed E-state index contributed by atoms with van der Waals surface area (Å²) in [7, 11) is -9.75. The van der Waals surface area contributed by atoms with Gasteiger partial charge in [-0.25, -0.2) is 4.18 Å². The number of hydrogen-bond donors (Lipinski definition) is 7. The van der Waals surface area contributed by atoms with Gasteiger partial charge in [0.25, 0.3) is 0 Å². The molecule has 0 saturated heterocycles. The fraction of sp³-hybridized carbons (Fsp3) is 0.944. The van der Waals surface area contributed by atoms with Crippen molar-refractivity contribution >= 4 is 26.7 Å². The van der Waals surface area contributed by atoms with Gasteiger partial charge in [0.1, 0.15) is 18.3 Å². The van der Waals surface area contributed by atoms with Crippen molar-refractivity contribution in [1.82, 2.24) is 0 Å². The average Bonchev–Trinajstić information content (AvgIpc) is 2.73. The predicted octanol–water partition coefficient (Wildman–Crippen LogP) is -1.10. The zero-order valence-electron chi connectivity index (χ0n) is 19.2. The largest absolute Gasteiger partial charge is 0.416 e. The summed E-state index contributed by atoms with van der Waals surface area (Å²) >= 11 is 0. The normalized spacial score (nSPS) is 15.6. The number of amides is 1. The quantitative estimate of drug-likeness (QED) is 0.0758. The molecule has 0 aromatic rings. The first-order valence-corrected chi connectivity index (χ1v) is 13.6. The Morgan fingerprint density at radius 3 is 1.65 bits per heavy atom. The van der Waals surface area contributed by atoms with Crippen molar-refractivity contribution < 1.29 is 59.5 Å². The summed E-state index contributed by atoms with van der Waals surface area (Å²) in [5.41, 5.74) is 4.61. The maximum Gasteiger partial charge on any atom is 0.416 e. The van der Waals surface area contributed by atoms with Crippen molar-refractivity contribution in [1.29, 1.82) is 0 Å². The number of unbranched alkanes of at least 4 members (excludes halogenated alkanes) is 9. The van der Waals surface area contributed by atoms with Crippen molar-refractivity contribution in [3.8, 4) is 0 Å². The number of aliphatic hydroxyl groups excluding tert-OH is 5. The lowest BCUT2D eigenvalue weighted by Crippen LogP contribution is -2.50. The summed E-state index contributed by atoms with van der Waals surface area (Å²) in [6.45, 7) is 1.22. The molecule has 0 saturated carbocycles. The van der Waals surface area contributed by atoms with E-state index in [0.717, 1.165) is 19.3 Å².